The summed E-state index contributed by atoms with van der Waals surface area (Å²) in [6.07, 6.45) is -4.19. The third kappa shape index (κ3) is 4.62. The minimum absolute atomic E-state index is 0.0427. The van der Waals surface area contributed by atoms with Gasteiger partial charge < -0.3 is 9.84 Å². The number of rotatable bonds is 5. The highest BCUT2D eigenvalue weighted by Crippen LogP contribution is 2.37. The molecule has 1 aromatic heterocycles. The fourth-order valence-corrected chi connectivity index (χ4v) is 3.80. The van der Waals surface area contributed by atoms with Gasteiger partial charge in [0.05, 0.1) is 11.3 Å². The molecule has 3 rings (SSSR count). The summed E-state index contributed by atoms with van der Waals surface area (Å²) in [6.45, 7) is 2.25. The molecule has 12 heteroatoms. The van der Waals surface area contributed by atoms with E-state index in [1.54, 1.807) is 0 Å². The average Bonchev–Trinajstić information content (AvgIpc) is 3.18. The van der Waals surface area contributed by atoms with Crippen LogP contribution in [-0.2, 0) is 32.5 Å². The van der Waals surface area contributed by atoms with Crippen LogP contribution in [0.2, 0.25) is 5.02 Å². The van der Waals surface area contributed by atoms with Crippen molar-refractivity contribution in [3.63, 3.8) is 0 Å². The van der Waals surface area contributed by atoms with Gasteiger partial charge in [0, 0.05) is 23.6 Å². The first-order chi connectivity index (χ1) is 14.8. The lowest BCUT2D eigenvalue weighted by atomic mass is 9.85. The van der Waals surface area contributed by atoms with E-state index in [4.69, 9.17) is 11.6 Å². The van der Waals surface area contributed by atoms with Gasteiger partial charge in [0.25, 0.3) is 0 Å². The van der Waals surface area contributed by atoms with E-state index in [0.29, 0.717) is 6.26 Å². The summed E-state index contributed by atoms with van der Waals surface area (Å²) in [5.74, 6) is -3.65. The van der Waals surface area contributed by atoms with E-state index < -0.39 is 52.3 Å². The second kappa shape index (κ2) is 8.53. The first-order valence-corrected chi connectivity index (χ1v) is 9.82. The van der Waals surface area contributed by atoms with Crippen LogP contribution in [0.5, 0.6) is 0 Å². The zero-order valence-electron chi connectivity index (χ0n) is 16.9. The van der Waals surface area contributed by atoms with Gasteiger partial charge in [0.15, 0.2) is 0 Å². The van der Waals surface area contributed by atoms with Gasteiger partial charge in [-0.1, -0.05) is 16.8 Å². The van der Waals surface area contributed by atoms with Crippen molar-refractivity contribution in [1.82, 2.24) is 15.8 Å². The summed E-state index contributed by atoms with van der Waals surface area (Å²) in [5, 5.41) is 7.83. The zero-order chi connectivity index (χ0) is 23.8. The van der Waals surface area contributed by atoms with Gasteiger partial charge in [0.2, 0.25) is 17.7 Å². The number of aromatic nitrogens is 1. The average molecular weight is 476 g/mol. The molecule has 2 aromatic rings. The maximum Gasteiger partial charge on any atom is 0.421 e. The molecule has 1 aliphatic heterocycles. The molecule has 2 heterocycles. The van der Waals surface area contributed by atoms with Gasteiger partial charge in [-0.2, -0.15) is 13.2 Å². The van der Waals surface area contributed by atoms with Crippen molar-refractivity contribution in [2.75, 3.05) is 0 Å². The Bertz CT molecular complexity index is 1060. The number of hydrogen-bond acceptors (Lipinski definition) is 5. The maximum atomic E-state index is 14.7. The Morgan fingerprint density at radius 3 is 2.59 bits per heavy atom. The Hall–Kier alpha value is -2.95. The van der Waals surface area contributed by atoms with Crippen LogP contribution in [0, 0.1) is 5.82 Å². The number of benzene rings is 1. The standard InChI is InChI=1S/C20H18ClF4N3O4/c1-19(2,16-11(8-32-28-16)20(23,24)25)18(31)26-7-9-5-12(21)15(13(22)6-9)10-3-4-14(29)27-17(10)30/h5-6,8,10H,3-4,7H2,1-2H3,(H,26,31)(H,27,29,30). The molecule has 1 aromatic carbocycles. The third-order valence-corrected chi connectivity index (χ3v) is 5.53. The molecule has 1 fully saturated rings. The summed E-state index contributed by atoms with van der Waals surface area (Å²) in [4.78, 5) is 35.9. The molecule has 0 spiro atoms. The second-order valence-corrected chi connectivity index (χ2v) is 8.27. The van der Waals surface area contributed by atoms with E-state index in [9.17, 15) is 31.9 Å². The predicted octanol–water partition coefficient (Wildman–Crippen LogP) is 3.60. The van der Waals surface area contributed by atoms with Crippen molar-refractivity contribution in [3.8, 4) is 0 Å². The van der Waals surface area contributed by atoms with Gasteiger partial charge in [-0.05, 0) is 38.0 Å². The van der Waals surface area contributed by atoms with Gasteiger partial charge in [0.1, 0.15) is 23.3 Å². The summed E-state index contributed by atoms with van der Waals surface area (Å²) in [5.41, 5.74) is -3.29. The van der Waals surface area contributed by atoms with Gasteiger partial charge >= 0.3 is 6.18 Å². The molecule has 0 aliphatic carbocycles. The molecule has 1 aliphatic rings. The summed E-state index contributed by atoms with van der Waals surface area (Å²) >= 11 is 6.16. The van der Waals surface area contributed by atoms with E-state index in [-0.39, 0.29) is 35.5 Å². The Kier molecular flexibility index (Phi) is 6.32. The fraction of sp³-hybridized carbons (Fsp3) is 0.400. The molecule has 0 saturated carbocycles. The van der Waals surface area contributed by atoms with E-state index in [0.717, 1.165) is 6.07 Å². The molecule has 32 heavy (non-hydrogen) atoms. The Balaban J connectivity index is 1.76. The van der Waals surface area contributed by atoms with Crippen molar-refractivity contribution < 1.29 is 36.5 Å². The zero-order valence-corrected chi connectivity index (χ0v) is 17.7. The predicted molar refractivity (Wildman–Crippen MR) is 103 cm³/mol. The monoisotopic (exact) mass is 475 g/mol. The molecule has 172 valence electrons. The quantitative estimate of drug-likeness (QED) is 0.508. The number of nitrogens with one attached hydrogen (secondary N) is 2. The van der Waals surface area contributed by atoms with Crippen molar-refractivity contribution in [1.29, 1.82) is 0 Å². The highest BCUT2D eigenvalue weighted by molar-refractivity contribution is 6.31. The van der Waals surface area contributed by atoms with Crippen LogP contribution in [0.25, 0.3) is 0 Å². The van der Waals surface area contributed by atoms with E-state index in [1.807, 2.05) is 0 Å². The topological polar surface area (TPSA) is 101 Å². The second-order valence-electron chi connectivity index (χ2n) is 7.86. The van der Waals surface area contributed by atoms with Gasteiger partial charge in [-0.15, -0.1) is 0 Å². The third-order valence-electron chi connectivity index (χ3n) is 5.21. The number of alkyl halides is 3. The summed E-state index contributed by atoms with van der Waals surface area (Å²) in [6, 6.07) is 2.41. The minimum atomic E-state index is -4.75. The molecule has 1 unspecified atom stereocenters. The lowest BCUT2D eigenvalue weighted by Gasteiger charge is -2.24. The van der Waals surface area contributed by atoms with Crippen molar-refractivity contribution in [2.45, 2.75) is 50.7 Å². The molecule has 0 radical (unpaired) electrons. The Morgan fingerprint density at radius 1 is 1.31 bits per heavy atom. The van der Waals surface area contributed by atoms with Crippen LogP contribution in [0.4, 0.5) is 17.6 Å². The Morgan fingerprint density at radius 2 is 2.00 bits per heavy atom. The number of carbonyl (C=O) groups is 3. The van der Waals surface area contributed by atoms with Crippen LogP contribution < -0.4 is 10.6 Å². The summed E-state index contributed by atoms with van der Waals surface area (Å²) in [7, 11) is 0. The first-order valence-electron chi connectivity index (χ1n) is 9.44. The van der Waals surface area contributed by atoms with E-state index in [2.05, 4.69) is 20.3 Å². The number of piperidine rings is 1. The molecular formula is C20H18ClF4N3O4. The number of amides is 3. The van der Waals surface area contributed by atoms with Crippen LogP contribution >= 0.6 is 11.6 Å². The molecule has 1 atom stereocenters. The minimum Gasteiger partial charge on any atom is -0.364 e. The summed E-state index contributed by atoms with van der Waals surface area (Å²) < 4.78 is 58.5. The fourth-order valence-electron chi connectivity index (χ4n) is 3.44. The van der Waals surface area contributed by atoms with E-state index >= 15 is 0 Å². The highest BCUT2D eigenvalue weighted by Gasteiger charge is 2.44. The van der Waals surface area contributed by atoms with Crippen LogP contribution in [0.3, 0.4) is 0 Å². The molecule has 2 N–H and O–H groups in total. The van der Waals surface area contributed by atoms with E-state index in [1.165, 1.54) is 19.9 Å². The first kappa shape index (κ1) is 23.7. The van der Waals surface area contributed by atoms with Crippen LogP contribution in [0.1, 0.15) is 55.0 Å². The lowest BCUT2D eigenvalue weighted by Crippen LogP contribution is -2.41. The molecule has 0 bridgehead atoms. The number of hydrogen-bond donors (Lipinski definition) is 2. The molecule has 7 nitrogen and oxygen atoms in total. The molecule has 1 saturated heterocycles. The van der Waals surface area contributed by atoms with Crippen LogP contribution in [-0.4, -0.2) is 22.9 Å². The number of carbonyl (C=O) groups excluding carboxylic acids is 3. The Labute approximate surface area is 184 Å². The largest absolute Gasteiger partial charge is 0.421 e. The number of halogens is 5. The number of nitrogens with zero attached hydrogens (tertiary/aromatic N) is 1. The van der Waals surface area contributed by atoms with Crippen molar-refractivity contribution >= 4 is 29.3 Å². The van der Waals surface area contributed by atoms with Gasteiger partial charge in [-0.25, -0.2) is 4.39 Å². The van der Waals surface area contributed by atoms with Crippen molar-refractivity contribution in [2.24, 2.45) is 0 Å². The normalized spacial score (nSPS) is 17.3. The van der Waals surface area contributed by atoms with Crippen molar-refractivity contribution in [3.05, 3.63) is 51.6 Å². The molecular weight excluding hydrogens is 458 g/mol. The maximum absolute atomic E-state index is 14.7. The SMILES string of the molecule is CC(C)(C(=O)NCc1cc(F)c(C2CCC(=O)NC2=O)c(Cl)c1)c1nocc1C(F)(F)F. The lowest BCUT2D eigenvalue weighted by molar-refractivity contribution is -0.140. The molecule has 3 amide bonds. The smallest absolute Gasteiger partial charge is 0.364 e. The number of imide groups is 1. The highest BCUT2D eigenvalue weighted by atomic mass is 35.5. The van der Waals surface area contributed by atoms with Gasteiger partial charge in [-0.3, -0.25) is 19.7 Å². The van der Waals surface area contributed by atoms with Crippen LogP contribution in [0.15, 0.2) is 22.9 Å².